The van der Waals surface area contributed by atoms with Gasteiger partial charge in [-0.15, -0.1) is 0 Å². The van der Waals surface area contributed by atoms with E-state index in [1.54, 1.807) is 25.2 Å². The fourth-order valence-electron chi connectivity index (χ4n) is 1.53. The monoisotopic (exact) mass is 329 g/mol. The maximum atomic E-state index is 11.8. The molecule has 2 aromatic rings. The summed E-state index contributed by atoms with van der Waals surface area (Å²) in [6, 6.07) is 4.91. The van der Waals surface area contributed by atoms with Gasteiger partial charge in [-0.3, -0.25) is 4.79 Å². The highest BCUT2D eigenvalue weighted by atomic mass is 35.5. The van der Waals surface area contributed by atoms with Crippen LogP contribution in [0.25, 0.3) is 0 Å². The average Bonchev–Trinajstić information content (AvgIpc) is 2.76. The Bertz CT molecular complexity index is 642. The summed E-state index contributed by atoms with van der Waals surface area (Å²) < 4.78 is 10.8. The third-order valence-electron chi connectivity index (χ3n) is 2.49. The zero-order valence-electron chi connectivity index (χ0n) is 11.3. The van der Waals surface area contributed by atoms with Crippen LogP contribution in [0.2, 0.25) is 5.02 Å². The molecule has 0 atom stereocenters. The van der Waals surface area contributed by atoms with Gasteiger partial charge in [0.1, 0.15) is 5.75 Å². The molecule has 1 aromatic heterocycles. The molecule has 1 amide bonds. The minimum Gasteiger partial charge on any atom is -0.538 e. The number of nitrogens with zero attached hydrogens (tertiary/aromatic N) is 2. The highest BCUT2D eigenvalue weighted by molar-refractivity contribution is 7.99. The van der Waals surface area contributed by atoms with Crippen LogP contribution < -0.4 is 19.8 Å². The van der Waals surface area contributed by atoms with Crippen LogP contribution in [0.3, 0.4) is 0 Å². The molecule has 0 saturated carbocycles. The fraction of sp³-hybridized carbons (Fsp3) is 0.250. The molecule has 0 fully saturated rings. The van der Waals surface area contributed by atoms with Gasteiger partial charge in [0, 0.05) is 5.69 Å². The predicted octanol–water partition coefficient (Wildman–Crippen LogP) is 0.965. The average molecular weight is 330 g/mol. The number of carbonyl (C=O) groups excluding carboxylic acids is 1. The summed E-state index contributed by atoms with van der Waals surface area (Å²) in [5.41, 5.74) is 0.545. The second-order valence-corrected chi connectivity index (χ2v) is 5.35. The van der Waals surface area contributed by atoms with Crippen LogP contribution in [-0.4, -0.2) is 24.0 Å². The van der Waals surface area contributed by atoms with Crippen molar-refractivity contribution in [1.82, 2.24) is 5.27 Å². The van der Waals surface area contributed by atoms with Gasteiger partial charge in [-0.25, -0.2) is 0 Å². The van der Waals surface area contributed by atoms with E-state index in [1.165, 1.54) is 11.8 Å². The lowest BCUT2D eigenvalue weighted by molar-refractivity contribution is -0.772. The molecule has 1 N–H and O–H groups in total. The Kier molecular flexibility index (Phi) is 4.92. The van der Waals surface area contributed by atoms with Crippen molar-refractivity contribution in [2.24, 2.45) is 7.05 Å². The summed E-state index contributed by atoms with van der Waals surface area (Å²) in [7, 11) is 3.07. The van der Waals surface area contributed by atoms with E-state index in [0.717, 1.165) is 11.8 Å². The van der Waals surface area contributed by atoms with Gasteiger partial charge in [-0.05, 0) is 30.0 Å². The lowest BCUT2D eigenvalue weighted by Crippen LogP contribution is -2.32. The highest BCUT2D eigenvalue weighted by Gasteiger charge is 2.16. The molecule has 0 unspecified atom stereocenters. The molecule has 7 nitrogen and oxygen atoms in total. The number of hydrogen-bond donors (Lipinski definition) is 1. The van der Waals surface area contributed by atoms with E-state index in [2.05, 4.69) is 15.1 Å². The van der Waals surface area contributed by atoms with Crippen molar-refractivity contribution < 1.29 is 23.8 Å². The number of aromatic nitrogens is 2. The van der Waals surface area contributed by atoms with Gasteiger partial charge < -0.3 is 19.7 Å². The maximum absolute atomic E-state index is 11.8. The Labute approximate surface area is 129 Å². The first kappa shape index (κ1) is 15.5. The van der Waals surface area contributed by atoms with Crippen molar-refractivity contribution in [3.8, 4) is 11.7 Å². The Morgan fingerprint density at radius 3 is 2.95 bits per heavy atom. The van der Waals surface area contributed by atoms with Crippen molar-refractivity contribution >= 4 is 35.0 Å². The van der Waals surface area contributed by atoms with Crippen LogP contribution in [-0.2, 0) is 11.8 Å². The van der Waals surface area contributed by atoms with E-state index >= 15 is 0 Å². The number of rotatable bonds is 5. The summed E-state index contributed by atoms with van der Waals surface area (Å²) in [5.74, 6) is -0.269. The summed E-state index contributed by atoms with van der Waals surface area (Å²) >= 11 is 7.01. The van der Waals surface area contributed by atoms with Gasteiger partial charge >= 0.3 is 0 Å². The Balaban J connectivity index is 1.94. The molecule has 21 heavy (non-hydrogen) atoms. The smallest absolute Gasteiger partial charge is 0.291 e. The predicted molar refractivity (Wildman–Crippen MR) is 74.5 cm³/mol. The molecular formula is C12H12ClN3O4S. The highest BCUT2D eigenvalue weighted by Crippen LogP contribution is 2.27. The summed E-state index contributed by atoms with van der Waals surface area (Å²) in [6.45, 7) is 0. The third kappa shape index (κ3) is 3.79. The molecule has 0 spiro atoms. The van der Waals surface area contributed by atoms with Crippen LogP contribution in [0.5, 0.6) is 11.7 Å². The minimum atomic E-state index is -0.567. The molecule has 0 aliphatic heterocycles. The molecule has 1 heterocycles. The number of ether oxygens (including phenoxy) is 1. The molecule has 0 aliphatic carbocycles. The van der Waals surface area contributed by atoms with Crippen molar-refractivity contribution in [2.45, 2.75) is 5.03 Å². The zero-order chi connectivity index (χ0) is 15.4. The number of thioether (sulfide) groups is 1. The Morgan fingerprint density at radius 2 is 2.38 bits per heavy atom. The number of hydrogen-bond acceptors (Lipinski definition) is 6. The first-order chi connectivity index (χ1) is 10.0. The second-order valence-electron chi connectivity index (χ2n) is 3.98. The maximum Gasteiger partial charge on any atom is 0.291 e. The van der Waals surface area contributed by atoms with Crippen LogP contribution in [0.1, 0.15) is 0 Å². The number of methoxy groups -OCH3 is 1. The van der Waals surface area contributed by atoms with Gasteiger partial charge in [-0.1, -0.05) is 16.3 Å². The van der Waals surface area contributed by atoms with E-state index < -0.39 is 5.95 Å². The molecule has 0 bridgehead atoms. The summed E-state index contributed by atoms with van der Waals surface area (Å²) in [4.78, 5) is 11.8. The topological polar surface area (TPSA) is 91.3 Å². The molecule has 1 aromatic carbocycles. The van der Waals surface area contributed by atoms with Crippen molar-refractivity contribution in [3.05, 3.63) is 23.2 Å². The zero-order valence-corrected chi connectivity index (χ0v) is 12.8. The number of carbonyl (C=O) groups is 1. The lowest BCUT2D eigenvalue weighted by atomic mass is 10.3. The van der Waals surface area contributed by atoms with Gasteiger partial charge in [-0.2, -0.15) is 0 Å². The number of benzene rings is 1. The van der Waals surface area contributed by atoms with Gasteiger partial charge in [0.25, 0.3) is 5.03 Å². The largest absolute Gasteiger partial charge is 0.538 e. The van der Waals surface area contributed by atoms with E-state index in [9.17, 15) is 9.90 Å². The van der Waals surface area contributed by atoms with Crippen LogP contribution >= 0.6 is 23.4 Å². The van der Waals surface area contributed by atoms with Crippen molar-refractivity contribution in [2.75, 3.05) is 18.2 Å². The molecule has 9 heteroatoms. The Morgan fingerprint density at radius 1 is 1.62 bits per heavy atom. The number of aryl methyl sites for hydroxylation is 1. The minimum absolute atomic E-state index is 0.0495. The standard InChI is InChI=1S/C12H12ClN3O4S/c1-16-11(12(18)20-15-16)21-6-10(17)14-7-3-4-9(19-2)8(13)5-7/h3-5H,6H2,1-2H3,(H-,14,15,17,18). The van der Waals surface area contributed by atoms with Crippen LogP contribution in [0, 0.1) is 0 Å². The number of nitrogens with one attached hydrogen (secondary N) is 1. The number of halogens is 1. The molecular weight excluding hydrogens is 318 g/mol. The van der Waals surface area contributed by atoms with Crippen molar-refractivity contribution in [3.63, 3.8) is 0 Å². The molecule has 2 rings (SSSR count). The lowest BCUT2D eigenvalue weighted by Gasteiger charge is -2.07. The van der Waals surface area contributed by atoms with Crippen LogP contribution in [0.15, 0.2) is 27.7 Å². The fourth-order valence-corrected chi connectivity index (χ4v) is 2.51. The summed E-state index contributed by atoms with van der Waals surface area (Å²) in [5, 5.41) is 18.1. The molecule has 0 saturated heterocycles. The van der Waals surface area contributed by atoms with E-state index in [4.69, 9.17) is 16.3 Å². The summed E-state index contributed by atoms with van der Waals surface area (Å²) in [6.07, 6.45) is 0. The van der Waals surface area contributed by atoms with Gasteiger partial charge in [0.15, 0.2) is 13.0 Å². The van der Waals surface area contributed by atoms with E-state index in [-0.39, 0.29) is 16.7 Å². The first-order valence-electron chi connectivity index (χ1n) is 5.80. The van der Waals surface area contributed by atoms with Crippen LogP contribution in [0.4, 0.5) is 5.69 Å². The first-order valence-corrected chi connectivity index (χ1v) is 7.17. The van der Waals surface area contributed by atoms with Gasteiger partial charge in [0.05, 0.1) is 23.2 Å². The SMILES string of the molecule is COc1ccc(NC(=O)CSc2c([O-])on[n+]2C)cc1Cl. The molecule has 0 radical (unpaired) electrons. The quantitative estimate of drug-likeness (QED) is 0.649. The van der Waals surface area contributed by atoms with Gasteiger partial charge in [0.2, 0.25) is 5.91 Å². The molecule has 112 valence electrons. The second kappa shape index (κ2) is 6.68. The van der Waals surface area contributed by atoms with E-state index in [0.29, 0.717) is 16.5 Å². The normalized spacial score (nSPS) is 10.4. The Hall–Kier alpha value is -1.93. The molecule has 0 aliphatic rings. The number of anilines is 1. The number of amides is 1. The van der Waals surface area contributed by atoms with Crippen molar-refractivity contribution in [1.29, 1.82) is 0 Å². The third-order valence-corrected chi connectivity index (χ3v) is 3.90. The van der Waals surface area contributed by atoms with E-state index in [1.807, 2.05) is 0 Å².